The van der Waals surface area contributed by atoms with Crippen molar-refractivity contribution in [2.24, 2.45) is 0 Å². The Kier molecular flexibility index (Phi) is 7.10. The second kappa shape index (κ2) is 9.12. The van der Waals surface area contributed by atoms with Crippen LogP contribution < -0.4 is 4.72 Å². The largest absolute Gasteiger partial charge is 0.454 e. The summed E-state index contributed by atoms with van der Waals surface area (Å²) in [6.45, 7) is 7.04. The molecule has 2 aromatic carbocycles. The van der Waals surface area contributed by atoms with Gasteiger partial charge < -0.3 is 4.74 Å². The third-order valence-corrected chi connectivity index (χ3v) is 5.99. The Bertz CT molecular complexity index is 965. The van der Waals surface area contributed by atoms with E-state index in [-0.39, 0.29) is 28.9 Å². The lowest BCUT2D eigenvalue weighted by Gasteiger charge is -2.12. The Hall–Kier alpha value is -2.51. The predicted molar refractivity (Wildman–Crippen MR) is 107 cm³/mol. The summed E-state index contributed by atoms with van der Waals surface area (Å²) in [6, 6.07) is 10.7. The summed E-state index contributed by atoms with van der Waals surface area (Å²) in [4.78, 5) is 24.5. The molecule has 2 rings (SSSR count). The molecule has 0 saturated heterocycles. The number of carbonyl (C=O) groups is 2. The number of benzene rings is 2. The topological polar surface area (TPSA) is 89.5 Å². The number of nitrogens with one attached hydrogen (secondary N) is 1. The Morgan fingerprint density at radius 2 is 1.71 bits per heavy atom. The van der Waals surface area contributed by atoms with Crippen molar-refractivity contribution in [2.75, 3.05) is 6.61 Å². The van der Waals surface area contributed by atoms with Gasteiger partial charge in [0.05, 0.1) is 10.5 Å². The van der Waals surface area contributed by atoms with Gasteiger partial charge in [-0.3, -0.25) is 4.79 Å². The molecule has 2 aromatic rings. The van der Waals surface area contributed by atoms with Crippen LogP contribution >= 0.6 is 0 Å². The van der Waals surface area contributed by atoms with Gasteiger partial charge in [-0.1, -0.05) is 30.7 Å². The van der Waals surface area contributed by atoms with Gasteiger partial charge in [0.2, 0.25) is 15.8 Å². The first-order valence-electron chi connectivity index (χ1n) is 9.04. The molecule has 150 valence electrons. The highest BCUT2D eigenvalue weighted by Crippen LogP contribution is 2.14. The van der Waals surface area contributed by atoms with Crippen LogP contribution in [-0.2, 0) is 14.8 Å². The van der Waals surface area contributed by atoms with Crippen molar-refractivity contribution >= 4 is 21.8 Å². The lowest BCUT2D eigenvalue weighted by atomic mass is 10.0. The molecular weight excluding hydrogens is 378 g/mol. The van der Waals surface area contributed by atoms with Crippen molar-refractivity contribution in [2.45, 2.75) is 45.1 Å². The van der Waals surface area contributed by atoms with Crippen LogP contribution in [0.4, 0.5) is 0 Å². The Morgan fingerprint density at radius 3 is 2.29 bits per heavy atom. The predicted octanol–water partition coefficient (Wildman–Crippen LogP) is 3.42. The molecule has 0 aliphatic heterocycles. The van der Waals surface area contributed by atoms with E-state index in [9.17, 15) is 18.0 Å². The van der Waals surface area contributed by atoms with Gasteiger partial charge in [-0.2, -0.15) is 0 Å². The molecule has 0 spiro atoms. The molecule has 7 heteroatoms. The molecule has 0 aliphatic carbocycles. The number of rotatable bonds is 8. The van der Waals surface area contributed by atoms with Crippen LogP contribution in [-0.4, -0.2) is 32.8 Å². The van der Waals surface area contributed by atoms with Crippen molar-refractivity contribution < 1.29 is 22.7 Å². The fourth-order valence-electron chi connectivity index (χ4n) is 2.61. The number of sulfonamides is 1. The zero-order valence-electron chi connectivity index (χ0n) is 16.5. The highest BCUT2D eigenvalue weighted by molar-refractivity contribution is 7.89. The first-order valence-corrected chi connectivity index (χ1v) is 10.5. The molecule has 0 aromatic heterocycles. The van der Waals surface area contributed by atoms with Crippen LogP contribution in [0.3, 0.4) is 0 Å². The quantitative estimate of drug-likeness (QED) is 0.539. The standard InChI is InChI=1S/C21H25NO5S/c1-5-16(4)22-28(25,26)18-9-7-17(8-10-18)21(24)27-13-20(23)19-11-6-14(2)12-15(19)3/h6-12,16,22H,5,13H2,1-4H3/t16-/m0/s1. The third-order valence-electron chi connectivity index (χ3n) is 4.39. The minimum atomic E-state index is -3.64. The van der Waals surface area contributed by atoms with Gasteiger partial charge in [-0.05, 0) is 57.0 Å². The SMILES string of the molecule is CC[C@H](C)NS(=O)(=O)c1ccc(C(=O)OCC(=O)c2ccc(C)cc2C)cc1. The average Bonchev–Trinajstić information content (AvgIpc) is 2.65. The Labute approximate surface area is 166 Å². The van der Waals surface area contributed by atoms with Crippen LogP contribution in [0.2, 0.25) is 0 Å². The van der Waals surface area contributed by atoms with E-state index in [0.717, 1.165) is 11.1 Å². The van der Waals surface area contributed by atoms with Gasteiger partial charge in [0.15, 0.2) is 6.61 Å². The fourth-order valence-corrected chi connectivity index (χ4v) is 3.93. The van der Waals surface area contributed by atoms with E-state index in [1.54, 1.807) is 13.0 Å². The van der Waals surface area contributed by atoms with Crippen LogP contribution in [0.15, 0.2) is 47.4 Å². The number of carbonyl (C=O) groups excluding carboxylic acids is 2. The summed E-state index contributed by atoms with van der Waals surface area (Å²) in [6.07, 6.45) is 0.665. The maximum Gasteiger partial charge on any atom is 0.338 e. The lowest BCUT2D eigenvalue weighted by molar-refractivity contribution is 0.0474. The summed E-state index contributed by atoms with van der Waals surface area (Å²) in [5.74, 6) is -0.972. The first-order chi connectivity index (χ1) is 13.1. The van der Waals surface area contributed by atoms with E-state index in [1.807, 2.05) is 32.9 Å². The van der Waals surface area contributed by atoms with Crippen molar-refractivity contribution in [3.05, 3.63) is 64.7 Å². The van der Waals surface area contributed by atoms with E-state index in [1.165, 1.54) is 24.3 Å². The second-order valence-electron chi connectivity index (χ2n) is 6.77. The van der Waals surface area contributed by atoms with Crippen LogP contribution in [0.5, 0.6) is 0 Å². The molecule has 0 fully saturated rings. The summed E-state index contributed by atoms with van der Waals surface area (Å²) >= 11 is 0. The molecule has 0 bridgehead atoms. The number of hydrogen-bond acceptors (Lipinski definition) is 5. The lowest BCUT2D eigenvalue weighted by Crippen LogP contribution is -2.32. The molecule has 0 unspecified atom stereocenters. The summed E-state index contributed by atoms with van der Waals surface area (Å²) in [5.41, 5.74) is 2.56. The molecule has 0 amide bonds. The molecule has 28 heavy (non-hydrogen) atoms. The molecule has 1 N–H and O–H groups in total. The third kappa shape index (κ3) is 5.50. The molecular formula is C21H25NO5S. The van der Waals surface area contributed by atoms with E-state index < -0.39 is 16.0 Å². The fraction of sp³-hybridized carbons (Fsp3) is 0.333. The molecule has 0 heterocycles. The molecule has 6 nitrogen and oxygen atoms in total. The molecule has 0 aliphatic rings. The smallest absolute Gasteiger partial charge is 0.338 e. The number of aryl methyl sites for hydroxylation is 2. The highest BCUT2D eigenvalue weighted by atomic mass is 32.2. The molecule has 1 atom stereocenters. The monoisotopic (exact) mass is 403 g/mol. The van der Waals surface area contributed by atoms with Crippen LogP contribution in [0.1, 0.15) is 52.1 Å². The summed E-state index contributed by atoms with van der Waals surface area (Å²) < 4.78 is 32.1. The number of hydrogen-bond donors (Lipinski definition) is 1. The number of ketones is 1. The number of esters is 1. The highest BCUT2D eigenvalue weighted by Gasteiger charge is 2.18. The normalized spacial score (nSPS) is 12.4. The van der Waals surface area contributed by atoms with Crippen molar-refractivity contribution in [1.82, 2.24) is 4.72 Å². The van der Waals surface area contributed by atoms with E-state index in [0.29, 0.717) is 12.0 Å². The summed E-state index contributed by atoms with van der Waals surface area (Å²) in [7, 11) is -3.64. The first kappa shape index (κ1) is 21.8. The van der Waals surface area contributed by atoms with Gasteiger partial charge in [0.25, 0.3) is 0 Å². The Balaban J connectivity index is 2.02. The molecule has 0 saturated carbocycles. The molecule has 0 radical (unpaired) electrons. The van der Waals surface area contributed by atoms with Gasteiger partial charge >= 0.3 is 5.97 Å². The van der Waals surface area contributed by atoms with Gasteiger partial charge in [-0.15, -0.1) is 0 Å². The average molecular weight is 404 g/mol. The maximum absolute atomic E-state index is 12.3. The van der Waals surface area contributed by atoms with Crippen LogP contribution in [0, 0.1) is 13.8 Å². The van der Waals surface area contributed by atoms with Crippen molar-refractivity contribution in [3.8, 4) is 0 Å². The summed E-state index contributed by atoms with van der Waals surface area (Å²) in [5, 5.41) is 0. The second-order valence-corrected chi connectivity index (χ2v) is 8.49. The van der Waals surface area contributed by atoms with Gasteiger partial charge in [0.1, 0.15) is 0 Å². The Morgan fingerprint density at radius 1 is 1.07 bits per heavy atom. The zero-order valence-corrected chi connectivity index (χ0v) is 17.3. The van der Waals surface area contributed by atoms with E-state index in [2.05, 4.69) is 4.72 Å². The zero-order chi connectivity index (χ0) is 20.9. The van der Waals surface area contributed by atoms with E-state index in [4.69, 9.17) is 4.74 Å². The number of ether oxygens (including phenoxy) is 1. The van der Waals surface area contributed by atoms with Gasteiger partial charge in [0, 0.05) is 11.6 Å². The minimum Gasteiger partial charge on any atom is -0.454 e. The van der Waals surface area contributed by atoms with E-state index >= 15 is 0 Å². The maximum atomic E-state index is 12.3. The van der Waals surface area contributed by atoms with Crippen molar-refractivity contribution in [3.63, 3.8) is 0 Å². The van der Waals surface area contributed by atoms with Crippen molar-refractivity contribution in [1.29, 1.82) is 0 Å². The number of Topliss-reactive ketones (excluding diaryl/α,β-unsaturated/α-hetero) is 1. The minimum absolute atomic E-state index is 0.0655. The van der Waals surface area contributed by atoms with Crippen LogP contribution in [0.25, 0.3) is 0 Å². The van der Waals surface area contributed by atoms with Gasteiger partial charge in [-0.25, -0.2) is 17.9 Å².